The lowest BCUT2D eigenvalue weighted by atomic mass is 10.1. The van der Waals surface area contributed by atoms with Crippen LogP contribution in [0.3, 0.4) is 0 Å². The molecule has 0 aliphatic heterocycles. The van der Waals surface area contributed by atoms with Gasteiger partial charge in [-0.05, 0) is 55.8 Å². The maximum absolute atomic E-state index is 5.17. The van der Waals surface area contributed by atoms with E-state index < -0.39 is 0 Å². The Hall–Kier alpha value is -2.95. The van der Waals surface area contributed by atoms with Crippen LogP contribution in [0.1, 0.15) is 18.3 Å². The molecular formula is C18H18N4O. The zero-order chi connectivity index (χ0) is 16.2. The average Bonchev–Trinajstić information content (AvgIpc) is 2.59. The van der Waals surface area contributed by atoms with Gasteiger partial charge in [-0.15, -0.1) is 0 Å². The number of aromatic nitrogens is 2. The summed E-state index contributed by atoms with van der Waals surface area (Å²) in [7, 11) is 1.65. The molecule has 0 amide bonds. The first kappa shape index (κ1) is 15.0. The number of hydrogen-bond acceptors (Lipinski definition) is 5. The van der Waals surface area contributed by atoms with E-state index in [-0.39, 0.29) is 0 Å². The molecule has 0 atom stereocenters. The summed E-state index contributed by atoms with van der Waals surface area (Å²) in [5.41, 5.74) is 5.85. The van der Waals surface area contributed by atoms with E-state index >= 15 is 0 Å². The van der Waals surface area contributed by atoms with Crippen LogP contribution in [0.5, 0.6) is 5.75 Å². The third kappa shape index (κ3) is 3.29. The zero-order valence-electron chi connectivity index (χ0n) is 13.4. The highest BCUT2D eigenvalue weighted by molar-refractivity contribution is 5.99. The highest BCUT2D eigenvalue weighted by Crippen LogP contribution is 2.20. The van der Waals surface area contributed by atoms with Gasteiger partial charge < -0.3 is 4.74 Å². The summed E-state index contributed by atoms with van der Waals surface area (Å²) in [5, 5.41) is 5.40. The van der Waals surface area contributed by atoms with Crippen molar-refractivity contribution >= 4 is 22.4 Å². The molecule has 3 aromatic rings. The molecule has 0 saturated carbocycles. The third-order valence-electron chi connectivity index (χ3n) is 3.55. The highest BCUT2D eigenvalue weighted by Gasteiger charge is 2.05. The van der Waals surface area contributed by atoms with Gasteiger partial charge in [-0.25, -0.2) is 9.97 Å². The highest BCUT2D eigenvalue weighted by atomic mass is 16.5. The van der Waals surface area contributed by atoms with Crippen molar-refractivity contribution in [1.82, 2.24) is 9.97 Å². The number of ether oxygens (including phenoxy) is 1. The number of nitrogens with zero attached hydrogens (tertiary/aromatic N) is 3. The first-order chi connectivity index (χ1) is 11.2. The molecule has 0 spiro atoms. The Morgan fingerprint density at radius 3 is 2.52 bits per heavy atom. The Morgan fingerprint density at radius 1 is 1.04 bits per heavy atom. The van der Waals surface area contributed by atoms with Crippen molar-refractivity contribution in [2.24, 2.45) is 5.10 Å². The number of methoxy groups -OCH3 is 1. The first-order valence-corrected chi connectivity index (χ1v) is 7.35. The van der Waals surface area contributed by atoms with Crippen LogP contribution in [0.2, 0.25) is 0 Å². The number of para-hydroxylation sites is 1. The quantitative estimate of drug-likeness (QED) is 0.588. The molecule has 0 fully saturated rings. The fraction of sp³-hybridized carbons (Fsp3) is 0.167. The number of rotatable bonds is 4. The number of nitrogens with one attached hydrogen (secondary N) is 1. The Kier molecular flexibility index (Phi) is 4.19. The predicted octanol–water partition coefficient (Wildman–Crippen LogP) is 3.78. The van der Waals surface area contributed by atoms with Gasteiger partial charge in [-0.2, -0.15) is 5.10 Å². The largest absolute Gasteiger partial charge is 0.497 e. The van der Waals surface area contributed by atoms with Crippen LogP contribution in [0.4, 0.5) is 5.82 Å². The van der Waals surface area contributed by atoms with Gasteiger partial charge in [0.15, 0.2) is 5.82 Å². The van der Waals surface area contributed by atoms with Crippen molar-refractivity contribution < 1.29 is 4.74 Å². The van der Waals surface area contributed by atoms with Gasteiger partial charge in [0.25, 0.3) is 0 Å². The summed E-state index contributed by atoms with van der Waals surface area (Å²) in [5.74, 6) is 2.25. The monoisotopic (exact) mass is 306 g/mol. The van der Waals surface area contributed by atoms with E-state index in [9.17, 15) is 0 Å². The molecule has 0 saturated heterocycles. The van der Waals surface area contributed by atoms with Crippen molar-refractivity contribution in [1.29, 1.82) is 0 Å². The summed E-state index contributed by atoms with van der Waals surface area (Å²) >= 11 is 0. The summed E-state index contributed by atoms with van der Waals surface area (Å²) in [6, 6.07) is 15.7. The van der Waals surface area contributed by atoms with Crippen LogP contribution in [0.15, 0.2) is 53.6 Å². The minimum absolute atomic E-state index is 0.709. The van der Waals surface area contributed by atoms with Gasteiger partial charge >= 0.3 is 0 Å². The topological polar surface area (TPSA) is 59.4 Å². The van der Waals surface area contributed by atoms with E-state index in [0.29, 0.717) is 11.6 Å². The number of anilines is 1. The summed E-state index contributed by atoms with van der Waals surface area (Å²) in [4.78, 5) is 8.87. The van der Waals surface area contributed by atoms with E-state index in [4.69, 9.17) is 4.74 Å². The molecule has 3 rings (SSSR count). The van der Waals surface area contributed by atoms with Crippen molar-refractivity contribution in [3.8, 4) is 5.75 Å². The Labute approximate surface area is 135 Å². The van der Waals surface area contributed by atoms with Crippen molar-refractivity contribution in [3.63, 3.8) is 0 Å². The molecule has 0 radical (unpaired) electrons. The SMILES string of the molecule is COc1ccc(/C(C)=N\Nc2nc(C)nc3ccccc23)cc1. The molecule has 1 heterocycles. The van der Waals surface area contributed by atoms with Crippen LogP contribution in [-0.2, 0) is 0 Å². The number of hydrazone groups is 1. The predicted molar refractivity (Wildman–Crippen MR) is 93.1 cm³/mol. The molecule has 0 bridgehead atoms. The molecule has 0 aliphatic carbocycles. The van der Waals surface area contributed by atoms with E-state index in [1.807, 2.05) is 62.4 Å². The second-order valence-electron chi connectivity index (χ2n) is 5.17. The van der Waals surface area contributed by atoms with Gasteiger partial charge in [0.2, 0.25) is 0 Å². The fourth-order valence-electron chi connectivity index (χ4n) is 2.31. The number of fused-ring (bicyclic) bond motifs is 1. The standard InChI is InChI=1S/C18H18N4O/c1-12(14-8-10-15(23-3)11-9-14)21-22-18-16-6-4-5-7-17(16)19-13(2)20-18/h4-11H,1-3H3,(H,19,20,22)/b21-12-. The Balaban J connectivity index is 1.89. The molecule has 1 aromatic heterocycles. The Morgan fingerprint density at radius 2 is 1.78 bits per heavy atom. The van der Waals surface area contributed by atoms with Crippen LogP contribution >= 0.6 is 0 Å². The first-order valence-electron chi connectivity index (χ1n) is 7.35. The van der Waals surface area contributed by atoms with E-state index in [0.717, 1.165) is 27.9 Å². The molecule has 5 heteroatoms. The molecule has 0 unspecified atom stereocenters. The van der Waals surface area contributed by atoms with Crippen molar-refractivity contribution in [3.05, 3.63) is 59.9 Å². The molecule has 2 aromatic carbocycles. The molecule has 5 nitrogen and oxygen atoms in total. The zero-order valence-corrected chi connectivity index (χ0v) is 13.4. The maximum atomic E-state index is 5.17. The van der Waals surface area contributed by atoms with E-state index in [1.54, 1.807) is 7.11 Å². The second-order valence-corrected chi connectivity index (χ2v) is 5.17. The number of benzene rings is 2. The fourth-order valence-corrected chi connectivity index (χ4v) is 2.31. The van der Waals surface area contributed by atoms with Gasteiger partial charge in [0.05, 0.1) is 18.3 Å². The normalized spacial score (nSPS) is 11.5. The lowest BCUT2D eigenvalue weighted by molar-refractivity contribution is 0.415. The van der Waals surface area contributed by atoms with Gasteiger partial charge in [-0.1, -0.05) is 12.1 Å². The number of hydrogen-bond donors (Lipinski definition) is 1. The molecule has 0 aliphatic rings. The summed E-state index contributed by atoms with van der Waals surface area (Å²) in [6.07, 6.45) is 0. The molecule has 1 N–H and O–H groups in total. The molecule has 116 valence electrons. The summed E-state index contributed by atoms with van der Waals surface area (Å²) < 4.78 is 5.17. The van der Waals surface area contributed by atoms with Crippen molar-refractivity contribution in [2.45, 2.75) is 13.8 Å². The van der Waals surface area contributed by atoms with Crippen LogP contribution in [0.25, 0.3) is 10.9 Å². The van der Waals surface area contributed by atoms with Crippen molar-refractivity contribution in [2.75, 3.05) is 12.5 Å². The number of aryl methyl sites for hydroxylation is 1. The van der Waals surface area contributed by atoms with Crippen LogP contribution in [0, 0.1) is 6.92 Å². The van der Waals surface area contributed by atoms with E-state index in [2.05, 4.69) is 20.5 Å². The minimum atomic E-state index is 0.709. The smallest absolute Gasteiger partial charge is 0.157 e. The van der Waals surface area contributed by atoms with E-state index in [1.165, 1.54) is 0 Å². The molecule has 23 heavy (non-hydrogen) atoms. The lowest BCUT2D eigenvalue weighted by Gasteiger charge is -2.07. The maximum Gasteiger partial charge on any atom is 0.157 e. The van der Waals surface area contributed by atoms with Gasteiger partial charge in [-0.3, -0.25) is 5.43 Å². The second kappa shape index (κ2) is 6.44. The minimum Gasteiger partial charge on any atom is -0.497 e. The van der Waals surface area contributed by atoms with Gasteiger partial charge in [0.1, 0.15) is 11.6 Å². The third-order valence-corrected chi connectivity index (χ3v) is 3.55. The summed E-state index contributed by atoms with van der Waals surface area (Å²) in [6.45, 7) is 3.82. The van der Waals surface area contributed by atoms with Crippen LogP contribution in [-0.4, -0.2) is 22.8 Å². The molecular weight excluding hydrogens is 288 g/mol. The Bertz CT molecular complexity index is 857. The van der Waals surface area contributed by atoms with Gasteiger partial charge in [0, 0.05) is 5.39 Å². The average molecular weight is 306 g/mol. The lowest BCUT2D eigenvalue weighted by Crippen LogP contribution is -2.03. The van der Waals surface area contributed by atoms with Crippen LogP contribution < -0.4 is 10.2 Å².